The second-order valence-corrected chi connectivity index (χ2v) is 1.32. The molecule has 2 nitrogen and oxygen atoms in total. The van der Waals surface area contributed by atoms with E-state index in [0.717, 1.165) is 0 Å². The van der Waals surface area contributed by atoms with Gasteiger partial charge >= 0.3 is 0 Å². The second-order valence-electron chi connectivity index (χ2n) is 1.32. The third-order valence-corrected chi connectivity index (χ3v) is 0.603. The predicted molar refractivity (Wildman–Crippen MR) is 29.7 cm³/mol. The van der Waals surface area contributed by atoms with Gasteiger partial charge < -0.3 is 0 Å². The second kappa shape index (κ2) is 2.29. The Morgan fingerprint density at radius 3 is 2.00 bits per heavy atom. The fourth-order valence-electron chi connectivity index (χ4n) is 0.0779. The summed E-state index contributed by atoms with van der Waals surface area (Å²) in [5, 5.41) is 2.54. The van der Waals surface area contributed by atoms with Crippen LogP contribution in [-0.4, -0.2) is 0 Å². The van der Waals surface area contributed by atoms with Crippen LogP contribution in [0.1, 0.15) is 6.92 Å². The van der Waals surface area contributed by atoms with Gasteiger partial charge in [0.1, 0.15) is 5.70 Å². The van der Waals surface area contributed by atoms with E-state index in [0.29, 0.717) is 5.57 Å². The fraction of sp³-hybridized carbons (Fsp3) is 0.200. The summed E-state index contributed by atoms with van der Waals surface area (Å²) in [5.74, 6) is 0. The average Bonchev–Trinajstić information content (AvgIpc) is 1.65. The van der Waals surface area contributed by atoms with Crippen molar-refractivity contribution in [1.29, 1.82) is 0 Å². The van der Waals surface area contributed by atoms with Crippen molar-refractivity contribution in [3.63, 3.8) is 0 Å². The Kier molecular flexibility index (Phi) is 1.99. The zero-order valence-electron chi connectivity index (χ0n) is 4.27. The molecule has 0 heterocycles. The SMILES string of the molecule is C=C(C)C(=C)N=O. The van der Waals surface area contributed by atoms with Gasteiger partial charge in [0.05, 0.1) is 0 Å². The molecule has 0 saturated carbocycles. The lowest BCUT2D eigenvalue weighted by atomic mass is 10.3. The van der Waals surface area contributed by atoms with E-state index in [4.69, 9.17) is 0 Å². The van der Waals surface area contributed by atoms with Crippen LogP contribution < -0.4 is 0 Å². The number of allylic oxidation sites excluding steroid dienone is 1. The molecule has 0 radical (unpaired) electrons. The van der Waals surface area contributed by atoms with E-state index in [1.807, 2.05) is 0 Å². The van der Waals surface area contributed by atoms with Gasteiger partial charge in [-0.1, -0.05) is 13.2 Å². The van der Waals surface area contributed by atoms with Crippen molar-refractivity contribution in [2.45, 2.75) is 6.92 Å². The molecule has 0 fully saturated rings. The summed E-state index contributed by atoms with van der Waals surface area (Å²) < 4.78 is 0. The van der Waals surface area contributed by atoms with Crippen LogP contribution in [0.3, 0.4) is 0 Å². The van der Waals surface area contributed by atoms with Gasteiger partial charge in [-0.25, -0.2) is 0 Å². The van der Waals surface area contributed by atoms with Crippen molar-refractivity contribution in [3.05, 3.63) is 29.3 Å². The summed E-state index contributed by atoms with van der Waals surface area (Å²) in [5.41, 5.74) is 0.843. The highest BCUT2D eigenvalue weighted by molar-refractivity contribution is 5.20. The van der Waals surface area contributed by atoms with E-state index in [1.54, 1.807) is 6.92 Å². The highest BCUT2D eigenvalue weighted by Gasteiger charge is 1.87. The Balaban J connectivity index is 3.81. The van der Waals surface area contributed by atoms with Crippen LogP contribution in [-0.2, 0) is 0 Å². The van der Waals surface area contributed by atoms with Crippen molar-refractivity contribution < 1.29 is 0 Å². The lowest BCUT2D eigenvalue weighted by Gasteiger charge is -1.85. The normalized spacial score (nSPS) is 7.57. The van der Waals surface area contributed by atoms with Gasteiger partial charge in [-0.3, -0.25) is 0 Å². The number of hydrogen-bond acceptors (Lipinski definition) is 2. The van der Waals surface area contributed by atoms with Crippen molar-refractivity contribution in [2.75, 3.05) is 0 Å². The molecule has 0 aromatic rings. The summed E-state index contributed by atoms with van der Waals surface area (Å²) >= 11 is 0. The summed E-state index contributed by atoms with van der Waals surface area (Å²) in [6, 6.07) is 0. The minimum atomic E-state index is 0.222. The zero-order valence-corrected chi connectivity index (χ0v) is 4.27. The van der Waals surface area contributed by atoms with Crippen LogP contribution in [0.5, 0.6) is 0 Å². The Hall–Kier alpha value is -0.920. The minimum Gasteiger partial charge on any atom is -0.145 e. The minimum absolute atomic E-state index is 0.222. The monoisotopic (exact) mass is 97.1 g/mol. The first-order chi connectivity index (χ1) is 3.18. The standard InChI is InChI=1S/C5H7NO/c1-4(2)5(3)6-7/h1,3H2,2H3. The van der Waals surface area contributed by atoms with E-state index in [1.165, 1.54) is 0 Å². The summed E-state index contributed by atoms with van der Waals surface area (Å²) in [6.45, 7) is 8.41. The Bertz CT molecular complexity index is 115. The zero-order chi connectivity index (χ0) is 5.86. The average molecular weight is 97.1 g/mol. The Morgan fingerprint density at radius 2 is 2.00 bits per heavy atom. The number of hydrogen-bond donors (Lipinski definition) is 0. The largest absolute Gasteiger partial charge is 0.145 e. The Morgan fingerprint density at radius 1 is 1.57 bits per heavy atom. The van der Waals surface area contributed by atoms with Gasteiger partial charge in [0.15, 0.2) is 0 Å². The first kappa shape index (κ1) is 6.08. The molecule has 2 heteroatoms. The number of rotatable bonds is 2. The highest BCUT2D eigenvalue weighted by Crippen LogP contribution is 2.01. The molecule has 0 aliphatic rings. The molecule has 0 saturated heterocycles. The first-order valence-electron chi connectivity index (χ1n) is 1.86. The maximum Gasteiger partial charge on any atom is 0.103 e. The molecule has 0 rings (SSSR count). The molecule has 0 aliphatic carbocycles. The number of nitroso groups, excluding NO2 is 1. The molecular weight excluding hydrogens is 90.1 g/mol. The van der Waals surface area contributed by atoms with Gasteiger partial charge in [0, 0.05) is 0 Å². The number of nitrogens with zero attached hydrogens (tertiary/aromatic N) is 1. The molecule has 0 spiro atoms. The topological polar surface area (TPSA) is 29.4 Å². The molecule has 0 amide bonds. The van der Waals surface area contributed by atoms with Crippen molar-refractivity contribution in [3.8, 4) is 0 Å². The smallest absolute Gasteiger partial charge is 0.103 e. The van der Waals surface area contributed by atoms with Gasteiger partial charge in [-0.05, 0) is 17.7 Å². The van der Waals surface area contributed by atoms with E-state index in [-0.39, 0.29) is 5.70 Å². The van der Waals surface area contributed by atoms with E-state index < -0.39 is 0 Å². The lowest BCUT2D eigenvalue weighted by Crippen LogP contribution is -1.70. The molecule has 7 heavy (non-hydrogen) atoms. The van der Waals surface area contributed by atoms with Gasteiger partial charge in [0.25, 0.3) is 0 Å². The summed E-state index contributed by atoms with van der Waals surface area (Å²) in [7, 11) is 0. The van der Waals surface area contributed by atoms with Crippen LogP contribution in [0.15, 0.2) is 29.6 Å². The van der Waals surface area contributed by atoms with E-state index >= 15 is 0 Å². The van der Waals surface area contributed by atoms with Crippen molar-refractivity contribution in [1.82, 2.24) is 0 Å². The molecule has 0 N–H and O–H groups in total. The fourth-order valence-corrected chi connectivity index (χ4v) is 0.0779. The van der Waals surface area contributed by atoms with Crippen LogP contribution in [0.4, 0.5) is 0 Å². The van der Waals surface area contributed by atoms with Crippen LogP contribution in [0.25, 0.3) is 0 Å². The maximum atomic E-state index is 9.54. The molecular formula is C5H7NO. The lowest BCUT2D eigenvalue weighted by molar-refractivity contribution is 1.30. The van der Waals surface area contributed by atoms with E-state index in [2.05, 4.69) is 18.3 Å². The van der Waals surface area contributed by atoms with Crippen molar-refractivity contribution in [2.24, 2.45) is 5.18 Å². The van der Waals surface area contributed by atoms with Gasteiger partial charge in [-0.15, -0.1) is 4.91 Å². The molecule has 0 aliphatic heterocycles. The molecule has 38 valence electrons. The molecule has 0 unspecified atom stereocenters. The van der Waals surface area contributed by atoms with Crippen LogP contribution in [0.2, 0.25) is 0 Å². The third-order valence-electron chi connectivity index (χ3n) is 0.603. The van der Waals surface area contributed by atoms with Crippen molar-refractivity contribution >= 4 is 0 Å². The highest BCUT2D eigenvalue weighted by atomic mass is 16.3. The molecule has 0 aromatic heterocycles. The maximum absolute atomic E-state index is 9.54. The summed E-state index contributed by atoms with van der Waals surface area (Å²) in [4.78, 5) is 9.54. The Labute approximate surface area is 42.5 Å². The molecule has 0 atom stereocenters. The van der Waals surface area contributed by atoms with Gasteiger partial charge in [0.2, 0.25) is 0 Å². The van der Waals surface area contributed by atoms with E-state index in [9.17, 15) is 4.91 Å². The third kappa shape index (κ3) is 1.87. The van der Waals surface area contributed by atoms with Crippen LogP contribution >= 0.6 is 0 Å². The quantitative estimate of drug-likeness (QED) is 0.382. The van der Waals surface area contributed by atoms with Gasteiger partial charge in [-0.2, -0.15) is 0 Å². The molecule has 0 aromatic carbocycles. The predicted octanol–water partition coefficient (Wildman–Crippen LogP) is 1.84. The first-order valence-corrected chi connectivity index (χ1v) is 1.86. The molecule has 0 bridgehead atoms. The summed E-state index contributed by atoms with van der Waals surface area (Å²) in [6.07, 6.45) is 0. The van der Waals surface area contributed by atoms with Crippen LogP contribution in [0, 0.1) is 4.91 Å².